The molecule has 1 saturated heterocycles. The van der Waals surface area contributed by atoms with Crippen molar-refractivity contribution in [3.8, 4) is 0 Å². The molecule has 1 fully saturated rings. The van der Waals surface area contributed by atoms with Crippen molar-refractivity contribution in [1.82, 2.24) is 10.2 Å². The van der Waals surface area contributed by atoms with Crippen molar-refractivity contribution in [2.75, 3.05) is 32.8 Å². The van der Waals surface area contributed by atoms with Crippen LogP contribution >= 0.6 is 0 Å². The average molecular weight is 318 g/mol. The van der Waals surface area contributed by atoms with Gasteiger partial charge in [-0.25, -0.2) is 0 Å². The topological polar surface area (TPSA) is 61.8 Å². The molecule has 3 rings (SSSR count). The normalized spacial score (nSPS) is 25.2. The molecule has 5 nitrogen and oxygen atoms in total. The number of amides is 1. The Morgan fingerprint density at radius 1 is 1.39 bits per heavy atom. The highest BCUT2D eigenvalue weighted by Gasteiger charge is 2.36. The number of aliphatic hydroxyl groups is 1. The first-order valence-electron chi connectivity index (χ1n) is 8.48. The maximum Gasteiger partial charge on any atom is 0.224 e. The summed E-state index contributed by atoms with van der Waals surface area (Å²) >= 11 is 0. The molecule has 5 heteroatoms. The van der Waals surface area contributed by atoms with Crippen LogP contribution in [0.4, 0.5) is 0 Å². The molecule has 1 aromatic rings. The molecule has 2 unspecified atom stereocenters. The van der Waals surface area contributed by atoms with Crippen LogP contribution in [0.3, 0.4) is 0 Å². The molecule has 0 aromatic heterocycles. The third-order valence-corrected chi connectivity index (χ3v) is 4.91. The zero-order valence-electron chi connectivity index (χ0n) is 13.8. The Bertz CT molecular complexity index is 557. The summed E-state index contributed by atoms with van der Waals surface area (Å²) < 4.78 is 5.27. The Labute approximate surface area is 137 Å². The van der Waals surface area contributed by atoms with Gasteiger partial charge in [0.05, 0.1) is 13.2 Å². The van der Waals surface area contributed by atoms with E-state index in [0.29, 0.717) is 39.3 Å². The lowest BCUT2D eigenvalue weighted by atomic mass is 9.95. The fourth-order valence-electron chi connectivity index (χ4n) is 3.47. The van der Waals surface area contributed by atoms with E-state index in [0.717, 1.165) is 18.4 Å². The molecule has 0 radical (unpaired) electrons. The second kappa shape index (κ2) is 6.99. The number of aryl methyl sites for hydroxylation is 1. The minimum Gasteiger partial charge on any atom is -0.384 e. The summed E-state index contributed by atoms with van der Waals surface area (Å²) in [6.45, 7) is 5.12. The first-order valence-corrected chi connectivity index (χ1v) is 8.48. The molecule has 126 valence electrons. The molecule has 1 aliphatic heterocycles. The molecular weight excluding hydrogens is 292 g/mol. The maximum atomic E-state index is 12.3. The van der Waals surface area contributed by atoms with E-state index in [1.54, 1.807) is 0 Å². The fraction of sp³-hybridized carbons (Fsp3) is 0.611. The van der Waals surface area contributed by atoms with Gasteiger partial charge in [0.15, 0.2) is 0 Å². The third-order valence-electron chi connectivity index (χ3n) is 4.91. The molecule has 1 aromatic carbocycles. The fourth-order valence-corrected chi connectivity index (χ4v) is 3.47. The molecule has 2 aliphatic rings. The number of nitrogens with one attached hydrogen (secondary N) is 1. The second-order valence-electron chi connectivity index (χ2n) is 6.67. The standard InChI is InChI=1S/C18H26N2O3/c1-14(12-17(21)20-8-10-23-11-9-20)19-13-18(22)7-6-15-4-2-3-5-16(15)18/h2-5,14,19,22H,6-13H2,1H3. The number of rotatable bonds is 5. The summed E-state index contributed by atoms with van der Waals surface area (Å²) in [6.07, 6.45) is 2.11. The van der Waals surface area contributed by atoms with Crippen LogP contribution in [0.2, 0.25) is 0 Å². The lowest BCUT2D eigenvalue weighted by Crippen LogP contribution is -2.45. The van der Waals surface area contributed by atoms with Crippen molar-refractivity contribution < 1.29 is 14.6 Å². The summed E-state index contributed by atoms with van der Waals surface area (Å²) in [5.74, 6) is 0.159. The molecule has 1 heterocycles. The minimum atomic E-state index is -0.813. The number of benzene rings is 1. The van der Waals surface area contributed by atoms with Gasteiger partial charge in [0, 0.05) is 32.1 Å². The van der Waals surface area contributed by atoms with Crippen LogP contribution in [0, 0.1) is 0 Å². The smallest absolute Gasteiger partial charge is 0.224 e. The van der Waals surface area contributed by atoms with E-state index in [4.69, 9.17) is 4.74 Å². The number of hydrogen-bond donors (Lipinski definition) is 2. The van der Waals surface area contributed by atoms with Gasteiger partial charge in [-0.15, -0.1) is 0 Å². The van der Waals surface area contributed by atoms with Crippen LogP contribution in [-0.4, -0.2) is 54.8 Å². The lowest BCUT2D eigenvalue weighted by molar-refractivity contribution is -0.135. The Balaban J connectivity index is 1.51. The predicted molar refractivity (Wildman–Crippen MR) is 88.1 cm³/mol. The van der Waals surface area contributed by atoms with Gasteiger partial charge < -0.3 is 20.1 Å². The van der Waals surface area contributed by atoms with Gasteiger partial charge in [0.1, 0.15) is 5.60 Å². The highest BCUT2D eigenvalue weighted by atomic mass is 16.5. The molecule has 2 N–H and O–H groups in total. The summed E-state index contributed by atoms with van der Waals surface area (Å²) in [5, 5.41) is 14.2. The average Bonchev–Trinajstić information content (AvgIpc) is 2.92. The van der Waals surface area contributed by atoms with E-state index in [9.17, 15) is 9.90 Å². The van der Waals surface area contributed by atoms with Crippen molar-refractivity contribution in [3.05, 3.63) is 35.4 Å². The van der Waals surface area contributed by atoms with E-state index >= 15 is 0 Å². The zero-order valence-corrected chi connectivity index (χ0v) is 13.8. The molecule has 2 atom stereocenters. The predicted octanol–water partition coefficient (Wildman–Crippen LogP) is 1.05. The van der Waals surface area contributed by atoms with Crippen LogP contribution < -0.4 is 5.32 Å². The molecule has 0 saturated carbocycles. The Morgan fingerprint density at radius 3 is 2.91 bits per heavy atom. The van der Waals surface area contributed by atoms with E-state index in [-0.39, 0.29) is 11.9 Å². The van der Waals surface area contributed by atoms with E-state index in [1.807, 2.05) is 30.0 Å². The number of carbonyl (C=O) groups is 1. The van der Waals surface area contributed by atoms with E-state index in [2.05, 4.69) is 11.4 Å². The van der Waals surface area contributed by atoms with Crippen molar-refractivity contribution in [2.24, 2.45) is 0 Å². The molecule has 1 aliphatic carbocycles. The van der Waals surface area contributed by atoms with E-state index < -0.39 is 5.60 Å². The van der Waals surface area contributed by atoms with E-state index in [1.165, 1.54) is 5.56 Å². The number of fused-ring (bicyclic) bond motifs is 1. The highest BCUT2D eigenvalue weighted by Crippen LogP contribution is 2.36. The van der Waals surface area contributed by atoms with Gasteiger partial charge in [0.25, 0.3) is 0 Å². The Morgan fingerprint density at radius 2 is 2.13 bits per heavy atom. The summed E-state index contributed by atoms with van der Waals surface area (Å²) in [4.78, 5) is 14.1. The summed E-state index contributed by atoms with van der Waals surface area (Å²) in [6, 6.07) is 8.12. The molecule has 0 spiro atoms. The number of hydrogen-bond acceptors (Lipinski definition) is 4. The quantitative estimate of drug-likeness (QED) is 0.852. The summed E-state index contributed by atoms with van der Waals surface area (Å²) in [7, 11) is 0. The van der Waals surface area contributed by atoms with Gasteiger partial charge in [-0.05, 0) is 30.9 Å². The van der Waals surface area contributed by atoms with Gasteiger partial charge in [-0.2, -0.15) is 0 Å². The molecule has 0 bridgehead atoms. The Hall–Kier alpha value is -1.43. The second-order valence-corrected chi connectivity index (χ2v) is 6.67. The van der Waals surface area contributed by atoms with Crippen LogP contribution in [-0.2, 0) is 21.6 Å². The highest BCUT2D eigenvalue weighted by molar-refractivity contribution is 5.76. The largest absolute Gasteiger partial charge is 0.384 e. The van der Waals surface area contributed by atoms with Crippen molar-refractivity contribution in [2.45, 2.75) is 37.8 Å². The lowest BCUT2D eigenvalue weighted by Gasteiger charge is -2.29. The monoisotopic (exact) mass is 318 g/mol. The number of ether oxygens (including phenoxy) is 1. The number of nitrogens with zero attached hydrogens (tertiary/aromatic N) is 1. The van der Waals surface area contributed by atoms with Crippen molar-refractivity contribution in [3.63, 3.8) is 0 Å². The molecule has 23 heavy (non-hydrogen) atoms. The van der Waals surface area contributed by atoms with Gasteiger partial charge >= 0.3 is 0 Å². The SMILES string of the molecule is CC(CC(=O)N1CCOCC1)NCC1(O)CCc2ccccc21. The minimum absolute atomic E-state index is 0.0436. The van der Waals surface area contributed by atoms with Crippen molar-refractivity contribution >= 4 is 5.91 Å². The zero-order chi connectivity index (χ0) is 16.3. The first kappa shape index (κ1) is 16.4. The summed E-state index contributed by atoms with van der Waals surface area (Å²) in [5.41, 5.74) is 1.44. The number of carbonyl (C=O) groups excluding carboxylic acids is 1. The maximum absolute atomic E-state index is 12.3. The van der Waals surface area contributed by atoms with Gasteiger partial charge in [-0.3, -0.25) is 4.79 Å². The van der Waals surface area contributed by atoms with Gasteiger partial charge in [-0.1, -0.05) is 24.3 Å². The Kier molecular flexibility index (Phi) is 4.99. The first-order chi connectivity index (χ1) is 11.1. The van der Waals surface area contributed by atoms with Crippen molar-refractivity contribution in [1.29, 1.82) is 0 Å². The molecular formula is C18H26N2O3. The van der Waals surface area contributed by atoms with Gasteiger partial charge in [0.2, 0.25) is 5.91 Å². The van der Waals surface area contributed by atoms with Crippen LogP contribution in [0.1, 0.15) is 30.9 Å². The van der Waals surface area contributed by atoms with Crippen LogP contribution in [0.15, 0.2) is 24.3 Å². The molecule has 1 amide bonds. The third kappa shape index (κ3) is 3.74. The van der Waals surface area contributed by atoms with Crippen LogP contribution in [0.5, 0.6) is 0 Å². The van der Waals surface area contributed by atoms with Crippen LogP contribution in [0.25, 0.3) is 0 Å². The number of morpholine rings is 1.